The van der Waals surface area contributed by atoms with Gasteiger partial charge >= 0.3 is 6.18 Å². The van der Waals surface area contributed by atoms with Gasteiger partial charge < -0.3 is 0 Å². The number of hydrogen-bond acceptors (Lipinski definition) is 4. The molecule has 0 bridgehead atoms. The van der Waals surface area contributed by atoms with Crippen molar-refractivity contribution in [2.75, 3.05) is 0 Å². The van der Waals surface area contributed by atoms with E-state index < -0.39 is 23.7 Å². The van der Waals surface area contributed by atoms with Gasteiger partial charge in [0.1, 0.15) is 5.69 Å². The number of nitrogens with one attached hydrogen (secondary N) is 1. The van der Waals surface area contributed by atoms with Gasteiger partial charge in [0, 0.05) is 19.7 Å². The van der Waals surface area contributed by atoms with E-state index in [0.717, 1.165) is 15.6 Å². The number of carbonyl (C=O) groups is 1. The van der Waals surface area contributed by atoms with E-state index >= 15 is 0 Å². The van der Waals surface area contributed by atoms with Crippen LogP contribution in [0.15, 0.2) is 17.4 Å². The molecule has 1 amide bonds. The highest BCUT2D eigenvalue weighted by atomic mass is 19.4. The minimum absolute atomic E-state index is 0.0353. The Morgan fingerprint density at radius 2 is 2.17 bits per heavy atom. The van der Waals surface area contributed by atoms with Crippen molar-refractivity contribution in [2.45, 2.75) is 19.6 Å². The molecule has 7 nitrogen and oxygen atoms in total. The average Bonchev–Trinajstić information content (AvgIpc) is 3.02. The summed E-state index contributed by atoms with van der Waals surface area (Å²) in [7, 11) is 1.19. The molecule has 0 unspecified atom stereocenters. The fourth-order valence-corrected chi connectivity index (χ4v) is 1.73. The van der Waals surface area contributed by atoms with Crippen molar-refractivity contribution in [3.8, 4) is 0 Å². The van der Waals surface area contributed by atoms with E-state index in [1.807, 2.05) is 5.43 Å². The molecule has 0 radical (unpaired) electrons. The third kappa shape index (κ3) is 3.55. The molecule has 2 aromatic rings. The minimum Gasteiger partial charge on any atom is -0.266 e. The highest BCUT2D eigenvalue weighted by molar-refractivity contribution is 5.93. The Kier molecular flexibility index (Phi) is 4.48. The van der Waals surface area contributed by atoms with Crippen molar-refractivity contribution in [1.82, 2.24) is 25.0 Å². The smallest absolute Gasteiger partial charge is 0.266 e. The van der Waals surface area contributed by atoms with Crippen LogP contribution in [0.1, 0.15) is 28.7 Å². The van der Waals surface area contributed by atoms with Crippen LogP contribution in [0, 0.1) is 5.95 Å². The Morgan fingerprint density at radius 3 is 2.70 bits per heavy atom. The van der Waals surface area contributed by atoms with Crippen LogP contribution in [-0.2, 0) is 19.8 Å². The second kappa shape index (κ2) is 6.18. The Hall–Kier alpha value is -2.72. The molecule has 11 heteroatoms. The fraction of sp³-hybridized carbons (Fsp3) is 0.333. The number of hydrazone groups is 1. The fourth-order valence-electron chi connectivity index (χ4n) is 1.73. The number of carbonyl (C=O) groups excluding carboxylic acids is 1. The van der Waals surface area contributed by atoms with Gasteiger partial charge in [-0.1, -0.05) is 0 Å². The van der Waals surface area contributed by atoms with Crippen molar-refractivity contribution >= 4 is 12.1 Å². The summed E-state index contributed by atoms with van der Waals surface area (Å²) < 4.78 is 53.0. The summed E-state index contributed by atoms with van der Waals surface area (Å²) in [6.07, 6.45) is -2.44. The van der Waals surface area contributed by atoms with Gasteiger partial charge in [-0.15, -0.1) is 0 Å². The van der Waals surface area contributed by atoms with Gasteiger partial charge in [-0.05, 0) is 6.92 Å². The Labute approximate surface area is 127 Å². The summed E-state index contributed by atoms with van der Waals surface area (Å²) >= 11 is 0. The number of rotatable bonds is 4. The number of aryl methyl sites for hydroxylation is 2. The highest BCUT2D eigenvalue weighted by Gasteiger charge is 2.35. The van der Waals surface area contributed by atoms with Crippen LogP contribution in [-0.4, -0.2) is 31.7 Å². The van der Waals surface area contributed by atoms with Crippen LogP contribution in [0.4, 0.5) is 17.6 Å². The Morgan fingerprint density at radius 1 is 1.48 bits per heavy atom. The van der Waals surface area contributed by atoms with E-state index in [1.54, 1.807) is 6.92 Å². The lowest BCUT2D eigenvalue weighted by Crippen LogP contribution is -2.20. The summed E-state index contributed by atoms with van der Waals surface area (Å²) in [5, 5.41) is 10.4. The quantitative estimate of drug-likeness (QED) is 0.524. The van der Waals surface area contributed by atoms with Crippen LogP contribution in [0.2, 0.25) is 0 Å². The molecule has 23 heavy (non-hydrogen) atoms. The molecular formula is C12H12F4N6O. The molecule has 1 N–H and O–H groups in total. The van der Waals surface area contributed by atoms with E-state index in [9.17, 15) is 22.4 Å². The van der Waals surface area contributed by atoms with Gasteiger partial charge in [-0.2, -0.15) is 32.9 Å². The molecule has 2 rings (SSSR count). The Bertz CT molecular complexity index is 745. The van der Waals surface area contributed by atoms with Crippen molar-refractivity contribution in [3.05, 3.63) is 35.2 Å². The molecule has 124 valence electrons. The molecule has 2 aromatic heterocycles. The largest absolute Gasteiger partial charge is 0.435 e. The maximum absolute atomic E-state index is 13.6. The molecule has 0 aliphatic rings. The SMILES string of the molecule is CCn1ncc(/C=N\NC(=O)c2cc(C(F)(F)F)nn2C)c1F. The van der Waals surface area contributed by atoms with Crippen LogP contribution in [0.5, 0.6) is 0 Å². The normalized spacial score (nSPS) is 12.1. The molecule has 0 aliphatic heterocycles. The maximum atomic E-state index is 13.6. The Balaban J connectivity index is 2.09. The lowest BCUT2D eigenvalue weighted by atomic mass is 10.3. The predicted octanol–water partition coefficient (Wildman–Crippen LogP) is 1.56. The third-order valence-corrected chi connectivity index (χ3v) is 2.87. The maximum Gasteiger partial charge on any atom is 0.435 e. The van der Waals surface area contributed by atoms with Crippen molar-refractivity contribution in [3.63, 3.8) is 0 Å². The predicted molar refractivity (Wildman–Crippen MR) is 71.1 cm³/mol. The third-order valence-electron chi connectivity index (χ3n) is 2.87. The number of alkyl halides is 3. The van der Waals surface area contributed by atoms with Crippen LogP contribution in [0.25, 0.3) is 0 Å². The summed E-state index contributed by atoms with van der Waals surface area (Å²) in [6.45, 7) is 2.01. The van der Waals surface area contributed by atoms with E-state index in [-0.39, 0.29) is 11.3 Å². The van der Waals surface area contributed by atoms with Gasteiger partial charge in [0.05, 0.1) is 18.0 Å². The molecule has 0 spiro atoms. The monoisotopic (exact) mass is 332 g/mol. The highest BCUT2D eigenvalue weighted by Crippen LogP contribution is 2.28. The zero-order valence-electron chi connectivity index (χ0n) is 12.1. The first kappa shape index (κ1) is 16.6. The van der Waals surface area contributed by atoms with Crippen LogP contribution < -0.4 is 5.43 Å². The number of halogens is 4. The van der Waals surface area contributed by atoms with E-state index in [4.69, 9.17) is 0 Å². The first-order valence-electron chi connectivity index (χ1n) is 6.40. The lowest BCUT2D eigenvalue weighted by molar-refractivity contribution is -0.141. The van der Waals surface area contributed by atoms with E-state index in [0.29, 0.717) is 12.6 Å². The molecular weight excluding hydrogens is 320 g/mol. The van der Waals surface area contributed by atoms with Crippen LogP contribution >= 0.6 is 0 Å². The molecule has 0 atom stereocenters. The number of amides is 1. The molecule has 2 heterocycles. The zero-order chi connectivity index (χ0) is 17.2. The molecule has 0 aromatic carbocycles. The lowest BCUT2D eigenvalue weighted by Gasteiger charge is -1.99. The van der Waals surface area contributed by atoms with Gasteiger partial charge in [0.15, 0.2) is 5.69 Å². The number of hydrogen-bond donors (Lipinski definition) is 1. The van der Waals surface area contributed by atoms with Crippen molar-refractivity contribution in [1.29, 1.82) is 0 Å². The molecule has 0 saturated carbocycles. The first-order valence-corrected chi connectivity index (χ1v) is 6.40. The number of nitrogens with zero attached hydrogens (tertiary/aromatic N) is 5. The number of aromatic nitrogens is 4. The first-order chi connectivity index (χ1) is 10.7. The summed E-state index contributed by atoms with van der Waals surface area (Å²) in [6, 6.07) is 0.598. The van der Waals surface area contributed by atoms with E-state index in [2.05, 4.69) is 15.3 Å². The molecule has 0 aliphatic carbocycles. The second-order valence-electron chi connectivity index (χ2n) is 4.44. The van der Waals surface area contributed by atoms with Crippen molar-refractivity contribution in [2.24, 2.45) is 12.1 Å². The second-order valence-corrected chi connectivity index (χ2v) is 4.44. The topological polar surface area (TPSA) is 77.1 Å². The van der Waals surface area contributed by atoms with Crippen LogP contribution in [0.3, 0.4) is 0 Å². The average molecular weight is 332 g/mol. The van der Waals surface area contributed by atoms with Gasteiger partial charge in [0.2, 0.25) is 5.95 Å². The van der Waals surface area contributed by atoms with E-state index in [1.165, 1.54) is 13.2 Å². The zero-order valence-corrected chi connectivity index (χ0v) is 12.1. The summed E-state index contributed by atoms with van der Waals surface area (Å²) in [5.74, 6) is -1.54. The molecule has 0 fully saturated rings. The van der Waals surface area contributed by atoms with Gasteiger partial charge in [-0.25, -0.2) is 10.1 Å². The van der Waals surface area contributed by atoms with Crippen molar-refractivity contribution < 1.29 is 22.4 Å². The van der Waals surface area contributed by atoms with Gasteiger partial charge in [-0.3, -0.25) is 9.48 Å². The summed E-state index contributed by atoms with van der Waals surface area (Å²) in [5.41, 5.74) is 0.517. The van der Waals surface area contributed by atoms with Gasteiger partial charge in [0.25, 0.3) is 5.91 Å². The molecule has 0 saturated heterocycles. The minimum atomic E-state index is -4.66. The summed E-state index contributed by atoms with van der Waals surface area (Å²) in [4.78, 5) is 11.8. The standard InChI is InChI=1S/C12H12F4N6O/c1-3-22-10(13)7(6-18-22)5-17-19-11(23)8-4-9(12(14,15)16)20-21(8)2/h4-6H,3H2,1-2H3,(H,19,23)/b17-5-.